The predicted octanol–water partition coefficient (Wildman–Crippen LogP) is 1.78. The van der Waals surface area contributed by atoms with E-state index >= 15 is 0 Å². The van der Waals surface area contributed by atoms with E-state index in [1.54, 1.807) is 0 Å². The van der Waals surface area contributed by atoms with E-state index in [-0.39, 0.29) is 49.9 Å². The van der Waals surface area contributed by atoms with Crippen LogP contribution in [0.2, 0.25) is 0 Å². The monoisotopic (exact) mass is 483 g/mol. The molecule has 0 aliphatic carbocycles. The first kappa shape index (κ1) is 42.9. The molecule has 0 aliphatic rings. The van der Waals surface area contributed by atoms with Crippen LogP contribution in [0.1, 0.15) is 20.8 Å². The fourth-order valence-corrected chi connectivity index (χ4v) is 0. The van der Waals surface area contributed by atoms with Gasteiger partial charge in [-0.3, -0.25) is 4.55 Å². The summed E-state index contributed by atoms with van der Waals surface area (Å²) < 4.78 is 57.5. The van der Waals surface area contributed by atoms with Crippen molar-refractivity contribution in [2.75, 3.05) is 0 Å². The van der Waals surface area contributed by atoms with E-state index in [1.807, 2.05) is 20.8 Å². The van der Waals surface area contributed by atoms with Gasteiger partial charge >= 0.3 is 35.4 Å². The summed E-state index contributed by atoms with van der Waals surface area (Å²) in [6.07, 6.45) is 0. The molecular formula is C5H24F3N5O3OsS+2. The minimum Gasteiger partial charge on any atom is -0.344 e. The predicted molar refractivity (Wildman–Crippen MR) is 61.6 cm³/mol. The average Bonchev–Trinajstić information content (AvgIpc) is 1.50. The van der Waals surface area contributed by atoms with Crippen LogP contribution in [-0.4, -0.2) is 24.0 Å². The fraction of sp³-hybridized carbons (Fsp3) is 1.00. The van der Waals surface area contributed by atoms with Gasteiger partial charge in [0.15, 0.2) is 0 Å². The van der Waals surface area contributed by atoms with Gasteiger partial charge in [-0.05, 0) is 20.8 Å². The molecule has 15 N–H and O–H groups in total. The Morgan fingerprint density at radius 3 is 1.00 bits per heavy atom. The van der Waals surface area contributed by atoms with Crippen LogP contribution in [0.3, 0.4) is 0 Å². The molecule has 18 heavy (non-hydrogen) atoms. The third-order valence-electron chi connectivity index (χ3n) is 0.292. The van der Waals surface area contributed by atoms with Gasteiger partial charge in [0, 0.05) is 5.54 Å². The first-order chi connectivity index (χ1) is 5.25. The Morgan fingerprint density at radius 1 is 0.944 bits per heavy atom. The zero-order valence-corrected chi connectivity index (χ0v) is 13.9. The molecule has 0 aliphatic heterocycles. The molecule has 0 atom stereocenters. The number of nitrogens with two attached hydrogens (primary N) is 1. The molecule has 0 rings (SSSR count). The SMILES string of the molecule is CC(C)(C)N.N.N.N.N.O=S(=O)(O)C(F)(F)F.[Os+2]. The van der Waals surface area contributed by atoms with E-state index in [1.165, 1.54) is 0 Å². The quantitative estimate of drug-likeness (QED) is 0.220. The van der Waals surface area contributed by atoms with Gasteiger partial charge in [-0.2, -0.15) is 21.6 Å². The fourth-order valence-electron chi connectivity index (χ4n) is 0. The number of hydrogen-bond acceptors (Lipinski definition) is 7. The van der Waals surface area contributed by atoms with Crippen molar-refractivity contribution < 1.29 is 45.9 Å². The van der Waals surface area contributed by atoms with Crippen molar-refractivity contribution in [2.45, 2.75) is 31.8 Å². The molecule has 0 unspecified atom stereocenters. The smallest absolute Gasteiger partial charge is 0.344 e. The standard InChI is InChI=1S/C4H11N.CHF3O3S.4H3N.Os/c1-4(2,3)5;2-1(3,4)8(5,6)7;;;;;/h5H2,1-3H3;(H,5,6,7);4*1H3;/q;;;;;;+2. The number of rotatable bonds is 0. The summed E-state index contributed by atoms with van der Waals surface area (Å²) in [5, 5.41) is 0. The van der Waals surface area contributed by atoms with Crippen LogP contribution in [-0.2, 0) is 29.9 Å². The average molecular weight is 482 g/mol. The van der Waals surface area contributed by atoms with Crippen molar-refractivity contribution in [3.63, 3.8) is 0 Å². The molecule has 0 aromatic carbocycles. The molecule has 0 spiro atoms. The number of hydrogen-bond donors (Lipinski definition) is 6. The van der Waals surface area contributed by atoms with Crippen molar-refractivity contribution in [3.05, 3.63) is 0 Å². The Balaban J connectivity index is -0.0000000222. The zero-order chi connectivity index (χ0) is 11.5. The van der Waals surface area contributed by atoms with Crippen LogP contribution in [0.25, 0.3) is 0 Å². The minimum absolute atomic E-state index is 0. The summed E-state index contributed by atoms with van der Waals surface area (Å²) in [5.74, 6) is 0. The Morgan fingerprint density at radius 2 is 1.00 bits per heavy atom. The molecular weight excluding hydrogens is 457 g/mol. The summed E-state index contributed by atoms with van der Waals surface area (Å²) in [7, 11) is -5.84. The molecule has 8 nitrogen and oxygen atoms in total. The third kappa shape index (κ3) is 44.3. The summed E-state index contributed by atoms with van der Waals surface area (Å²) in [6.45, 7) is 5.90. The normalized spacial score (nSPS) is 9.56. The first-order valence-corrected chi connectivity index (χ1v) is 4.52. The van der Waals surface area contributed by atoms with Crippen molar-refractivity contribution in [2.24, 2.45) is 5.73 Å². The maximum atomic E-state index is 10.7. The second-order valence-corrected chi connectivity index (χ2v) is 4.70. The molecule has 0 bridgehead atoms. The van der Waals surface area contributed by atoms with E-state index in [0.717, 1.165) is 0 Å². The molecule has 120 valence electrons. The summed E-state index contributed by atoms with van der Waals surface area (Å²) >= 11 is 0. The second-order valence-electron chi connectivity index (χ2n) is 3.29. The van der Waals surface area contributed by atoms with E-state index < -0.39 is 15.6 Å². The summed E-state index contributed by atoms with van der Waals surface area (Å²) in [5.41, 5.74) is -0.181. The van der Waals surface area contributed by atoms with E-state index in [2.05, 4.69) is 0 Å². The molecule has 0 aromatic heterocycles. The largest absolute Gasteiger partial charge is 2.00 e. The number of halogens is 3. The minimum atomic E-state index is -5.84. The van der Waals surface area contributed by atoms with Gasteiger partial charge in [-0.15, -0.1) is 0 Å². The van der Waals surface area contributed by atoms with Gasteiger partial charge in [0.1, 0.15) is 0 Å². The van der Waals surface area contributed by atoms with Gasteiger partial charge < -0.3 is 30.3 Å². The van der Waals surface area contributed by atoms with Crippen molar-refractivity contribution >= 4 is 10.1 Å². The van der Waals surface area contributed by atoms with Crippen molar-refractivity contribution in [1.82, 2.24) is 24.6 Å². The van der Waals surface area contributed by atoms with E-state index in [0.29, 0.717) is 0 Å². The Kier molecular flexibility index (Phi) is 32.4. The van der Waals surface area contributed by atoms with Crippen LogP contribution < -0.4 is 30.3 Å². The molecule has 0 fully saturated rings. The Labute approximate surface area is 118 Å². The first-order valence-electron chi connectivity index (χ1n) is 3.08. The molecule has 0 heterocycles. The van der Waals surface area contributed by atoms with Crippen LogP contribution in [0.15, 0.2) is 0 Å². The topological polar surface area (TPSA) is 220 Å². The van der Waals surface area contributed by atoms with Gasteiger partial charge in [0.05, 0.1) is 0 Å². The van der Waals surface area contributed by atoms with Crippen LogP contribution in [0.5, 0.6) is 0 Å². The molecule has 13 heteroatoms. The zero-order valence-electron chi connectivity index (χ0n) is 10.6. The molecule has 0 amide bonds. The molecule has 0 radical (unpaired) electrons. The molecule has 0 aromatic rings. The van der Waals surface area contributed by atoms with Gasteiger partial charge in [-0.1, -0.05) is 0 Å². The summed E-state index contributed by atoms with van der Waals surface area (Å²) in [6, 6.07) is 0. The second kappa shape index (κ2) is 13.6. The van der Waals surface area contributed by atoms with Crippen molar-refractivity contribution in [1.29, 1.82) is 0 Å². The van der Waals surface area contributed by atoms with Gasteiger partial charge in [-0.25, -0.2) is 0 Å². The molecule has 0 saturated carbocycles. The molecule has 0 saturated heterocycles. The van der Waals surface area contributed by atoms with Crippen molar-refractivity contribution in [3.8, 4) is 0 Å². The van der Waals surface area contributed by atoms with Crippen LogP contribution >= 0.6 is 0 Å². The Bertz CT molecular complexity index is 248. The third-order valence-corrected chi connectivity index (χ3v) is 0.877. The summed E-state index contributed by atoms with van der Waals surface area (Å²) in [4.78, 5) is 0. The van der Waals surface area contributed by atoms with Crippen LogP contribution in [0.4, 0.5) is 13.2 Å². The number of alkyl halides is 3. The van der Waals surface area contributed by atoms with Crippen LogP contribution in [0, 0.1) is 0 Å². The van der Waals surface area contributed by atoms with E-state index in [4.69, 9.17) is 18.7 Å². The Hall–Kier alpha value is 0.136. The maximum absolute atomic E-state index is 10.7. The van der Waals surface area contributed by atoms with Gasteiger partial charge in [0.2, 0.25) is 0 Å². The van der Waals surface area contributed by atoms with Gasteiger partial charge in [0.25, 0.3) is 0 Å². The maximum Gasteiger partial charge on any atom is 2.00 e. The van der Waals surface area contributed by atoms with E-state index in [9.17, 15) is 13.2 Å².